The molecule has 0 amide bonds. The van der Waals surface area contributed by atoms with E-state index in [0.29, 0.717) is 19.6 Å². The first kappa shape index (κ1) is 15.2. The van der Waals surface area contributed by atoms with E-state index < -0.39 is 10.2 Å². The maximum atomic E-state index is 12.7. The predicted molar refractivity (Wildman–Crippen MR) is 75.0 cm³/mol. The van der Waals surface area contributed by atoms with Gasteiger partial charge >= 0.3 is 0 Å². The number of rotatable bonds is 3. The fraction of sp³-hybridized carbons (Fsp3) is 1.00. The third-order valence-electron chi connectivity index (χ3n) is 4.22. The summed E-state index contributed by atoms with van der Waals surface area (Å²) >= 11 is 0. The minimum Gasteiger partial charge on any atom is -0.395 e. The Kier molecular flexibility index (Phi) is 5.62. The van der Waals surface area contributed by atoms with Crippen LogP contribution in [-0.4, -0.2) is 54.4 Å². The van der Waals surface area contributed by atoms with E-state index in [1.807, 2.05) is 0 Å². The first-order valence-electron chi connectivity index (χ1n) is 7.54. The molecule has 1 N–H and O–H groups in total. The molecule has 112 valence electrons. The van der Waals surface area contributed by atoms with Crippen molar-refractivity contribution in [1.82, 2.24) is 8.61 Å². The first-order valence-corrected chi connectivity index (χ1v) is 8.94. The van der Waals surface area contributed by atoms with Gasteiger partial charge in [-0.05, 0) is 25.7 Å². The van der Waals surface area contributed by atoms with Crippen molar-refractivity contribution in [3.63, 3.8) is 0 Å². The van der Waals surface area contributed by atoms with E-state index in [-0.39, 0.29) is 12.6 Å². The van der Waals surface area contributed by atoms with Crippen molar-refractivity contribution in [3.05, 3.63) is 0 Å². The molecule has 19 heavy (non-hydrogen) atoms. The molecule has 2 aliphatic rings. The van der Waals surface area contributed by atoms with Crippen molar-refractivity contribution >= 4 is 10.2 Å². The van der Waals surface area contributed by atoms with Gasteiger partial charge < -0.3 is 5.11 Å². The van der Waals surface area contributed by atoms with Gasteiger partial charge in [-0.1, -0.05) is 25.7 Å². The number of piperidine rings is 1. The number of aliphatic hydroxyl groups excluding tert-OH is 1. The molecular formula is C13H26N2O3S. The molecule has 1 unspecified atom stereocenters. The van der Waals surface area contributed by atoms with Crippen LogP contribution in [0.25, 0.3) is 0 Å². The molecule has 0 aromatic heterocycles. The molecule has 6 heteroatoms. The van der Waals surface area contributed by atoms with Gasteiger partial charge in [0.15, 0.2) is 0 Å². The van der Waals surface area contributed by atoms with E-state index in [1.54, 1.807) is 4.31 Å². The summed E-state index contributed by atoms with van der Waals surface area (Å²) in [5.74, 6) is 0. The highest BCUT2D eigenvalue weighted by atomic mass is 32.2. The third kappa shape index (κ3) is 3.68. The van der Waals surface area contributed by atoms with E-state index in [4.69, 9.17) is 0 Å². The smallest absolute Gasteiger partial charge is 0.282 e. The zero-order chi connectivity index (χ0) is 13.7. The molecule has 0 aromatic rings. The van der Waals surface area contributed by atoms with Crippen LogP contribution in [-0.2, 0) is 10.2 Å². The van der Waals surface area contributed by atoms with Gasteiger partial charge in [0, 0.05) is 25.7 Å². The highest BCUT2D eigenvalue weighted by Gasteiger charge is 2.35. The van der Waals surface area contributed by atoms with Crippen molar-refractivity contribution < 1.29 is 13.5 Å². The highest BCUT2D eigenvalue weighted by molar-refractivity contribution is 7.86. The molecule has 2 saturated heterocycles. The molecule has 2 rings (SSSR count). The summed E-state index contributed by atoms with van der Waals surface area (Å²) in [4.78, 5) is 0. The monoisotopic (exact) mass is 290 g/mol. The normalized spacial score (nSPS) is 28.8. The van der Waals surface area contributed by atoms with Crippen LogP contribution in [0, 0.1) is 0 Å². The van der Waals surface area contributed by atoms with E-state index in [9.17, 15) is 13.5 Å². The zero-order valence-corrected chi connectivity index (χ0v) is 12.4. The summed E-state index contributed by atoms with van der Waals surface area (Å²) in [6.07, 6.45) is 8.07. The van der Waals surface area contributed by atoms with Gasteiger partial charge in [0.05, 0.1) is 6.61 Å². The standard InChI is InChI=1S/C13H26N2O3S/c16-12-13-8-4-7-11-15(13)19(17,18)14-9-5-2-1-3-6-10-14/h13,16H,1-12H2. The van der Waals surface area contributed by atoms with Crippen LogP contribution in [0.15, 0.2) is 0 Å². The van der Waals surface area contributed by atoms with Crippen LogP contribution in [0.5, 0.6) is 0 Å². The molecule has 0 saturated carbocycles. The Morgan fingerprint density at radius 1 is 0.895 bits per heavy atom. The average Bonchev–Trinajstić information content (AvgIpc) is 2.37. The number of aliphatic hydroxyl groups is 1. The van der Waals surface area contributed by atoms with Gasteiger partial charge in [0.1, 0.15) is 0 Å². The van der Waals surface area contributed by atoms with Crippen LogP contribution in [0.4, 0.5) is 0 Å². The van der Waals surface area contributed by atoms with Crippen molar-refractivity contribution in [2.45, 2.75) is 57.4 Å². The van der Waals surface area contributed by atoms with Gasteiger partial charge in [-0.15, -0.1) is 0 Å². The summed E-state index contributed by atoms with van der Waals surface area (Å²) in [5.41, 5.74) is 0. The number of nitrogens with zero attached hydrogens (tertiary/aromatic N) is 2. The Hall–Kier alpha value is -0.170. The summed E-state index contributed by atoms with van der Waals surface area (Å²) in [6, 6.07) is -0.218. The second-order valence-corrected chi connectivity index (χ2v) is 7.50. The predicted octanol–water partition coefficient (Wildman–Crippen LogP) is 1.34. The van der Waals surface area contributed by atoms with Crippen LogP contribution in [0.1, 0.15) is 51.4 Å². The fourth-order valence-electron chi connectivity index (χ4n) is 3.06. The van der Waals surface area contributed by atoms with E-state index >= 15 is 0 Å². The first-order chi connectivity index (χ1) is 9.16. The molecule has 2 aliphatic heterocycles. The van der Waals surface area contributed by atoms with E-state index in [0.717, 1.165) is 44.9 Å². The summed E-state index contributed by atoms with van der Waals surface area (Å²) in [7, 11) is -3.38. The quantitative estimate of drug-likeness (QED) is 0.853. The number of hydrogen-bond donors (Lipinski definition) is 1. The van der Waals surface area contributed by atoms with E-state index in [2.05, 4.69) is 0 Å². The maximum absolute atomic E-state index is 12.7. The summed E-state index contributed by atoms with van der Waals surface area (Å²) in [5, 5.41) is 9.40. The Bertz CT molecular complexity index is 364. The molecule has 0 bridgehead atoms. The highest BCUT2D eigenvalue weighted by Crippen LogP contribution is 2.24. The van der Waals surface area contributed by atoms with Crippen molar-refractivity contribution in [2.24, 2.45) is 0 Å². The second-order valence-electron chi connectivity index (χ2n) is 5.62. The minimum absolute atomic E-state index is 0.0624. The van der Waals surface area contributed by atoms with Crippen LogP contribution >= 0.6 is 0 Å². The Morgan fingerprint density at radius 3 is 2.11 bits per heavy atom. The minimum atomic E-state index is -3.38. The van der Waals surface area contributed by atoms with Crippen LogP contribution in [0.2, 0.25) is 0 Å². The van der Waals surface area contributed by atoms with Crippen LogP contribution in [0.3, 0.4) is 0 Å². The molecule has 2 fully saturated rings. The lowest BCUT2D eigenvalue weighted by Crippen LogP contribution is -2.52. The van der Waals surface area contributed by atoms with Gasteiger partial charge in [-0.3, -0.25) is 0 Å². The Labute approximate surface area is 116 Å². The SMILES string of the molecule is O=S(=O)(N1CCCCCCC1)N1CCCCC1CO. The fourth-order valence-corrected chi connectivity index (χ4v) is 4.98. The third-order valence-corrected chi connectivity index (χ3v) is 6.31. The lowest BCUT2D eigenvalue weighted by Gasteiger charge is -2.37. The average molecular weight is 290 g/mol. The molecule has 0 spiro atoms. The molecule has 0 aromatic carbocycles. The van der Waals surface area contributed by atoms with E-state index in [1.165, 1.54) is 10.7 Å². The van der Waals surface area contributed by atoms with Crippen molar-refractivity contribution in [3.8, 4) is 0 Å². The Balaban J connectivity index is 2.09. The summed E-state index contributed by atoms with van der Waals surface area (Å²) in [6.45, 7) is 1.77. The molecular weight excluding hydrogens is 264 g/mol. The topological polar surface area (TPSA) is 60.9 Å². The second kappa shape index (κ2) is 7.02. The molecule has 2 heterocycles. The maximum Gasteiger partial charge on any atom is 0.282 e. The van der Waals surface area contributed by atoms with Crippen molar-refractivity contribution in [1.29, 1.82) is 0 Å². The lowest BCUT2D eigenvalue weighted by atomic mass is 10.1. The van der Waals surface area contributed by atoms with Crippen molar-refractivity contribution in [2.75, 3.05) is 26.2 Å². The summed E-state index contributed by atoms with van der Waals surface area (Å²) < 4.78 is 28.6. The Morgan fingerprint density at radius 2 is 1.47 bits per heavy atom. The molecule has 0 aliphatic carbocycles. The number of hydrogen-bond acceptors (Lipinski definition) is 3. The van der Waals surface area contributed by atoms with Gasteiger partial charge in [-0.25, -0.2) is 0 Å². The molecule has 0 radical (unpaired) electrons. The largest absolute Gasteiger partial charge is 0.395 e. The van der Waals surface area contributed by atoms with Gasteiger partial charge in [0.25, 0.3) is 10.2 Å². The van der Waals surface area contributed by atoms with Crippen LogP contribution < -0.4 is 0 Å². The van der Waals surface area contributed by atoms with Gasteiger partial charge in [-0.2, -0.15) is 17.0 Å². The molecule has 5 nitrogen and oxygen atoms in total. The zero-order valence-electron chi connectivity index (χ0n) is 11.6. The van der Waals surface area contributed by atoms with Gasteiger partial charge in [0.2, 0.25) is 0 Å². The lowest BCUT2D eigenvalue weighted by molar-refractivity contribution is 0.147. The molecule has 1 atom stereocenters.